The van der Waals surface area contributed by atoms with Crippen LogP contribution in [0.5, 0.6) is 0 Å². The molecule has 0 saturated heterocycles. The van der Waals surface area contributed by atoms with E-state index >= 15 is 0 Å². The summed E-state index contributed by atoms with van der Waals surface area (Å²) in [6, 6.07) is 0.343. The molecule has 1 aliphatic carbocycles. The van der Waals surface area contributed by atoms with Crippen molar-refractivity contribution in [1.29, 1.82) is 0 Å². The quantitative estimate of drug-likeness (QED) is 0.758. The first-order chi connectivity index (χ1) is 9.76. The number of rotatable bonds is 7. The van der Waals surface area contributed by atoms with Crippen LogP contribution < -0.4 is 5.32 Å². The highest BCUT2D eigenvalue weighted by molar-refractivity contribution is 5.82. The summed E-state index contributed by atoms with van der Waals surface area (Å²) >= 11 is 0. The van der Waals surface area contributed by atoms with Crippen LogP contribution >= 0.6 is 0 Å². The molecule has 0 spiro atoms. The normalized spacial score (nSPS) is 23.6. The zero-order valence-corrected chi connectivity index (χ0v) is 14.5. The fourth-order valence-electron chi connectivity index (χ4n) is 3.31. The molecular formula is C17H34N2O2. The second-order valence-corrected chi connectivity index (χ2v) is 7.67. The maximum absolute atomic E-state index is 12.5. The van der Waals surface area contributed by atoms with Crippen LogP contribution in [0.25, 0.3) is 0 Å². The summed E-state index contributed by atoms with van der Waals surface area (Å²) in [5, 5.41) is 12.2. The molecular weight excluding hydrogens is 264 g/mol. The summed E-state index contributed by atoms with van der Waals surface area (Å²) in [6.45, 7) is 9.96. The van der Waals surface area contributed by atoms with E-state index in [1.165, 1.54) is 12.8 Å². The standard InChI is InChI=1S/C17H34N2O2/c1-13(2)14-6-8-15(9-7-14)18-16(21)17(3,4)12-19(5)10-11-20/h13-15,20H,6-12H2,1-5H3,(H,18,21). The Bertz CT molecular complexity index is 321. The average molecular weight is 298 g/mol. The van der Waals surface area contributed by atoms with E-state index in [1.807, 2.05) is 25.8 Å². The highest BCUT2D eigenvalue weighted by atomic mass is 16.3. The van der Waals surface area contributed by atoms with Crippen LogP contribution in [0.1, 0.15) is 53.4 Å². The third-order valence-corrected chi connectivity index (χ3v) is 4.81. The summed E-state index contributed by atoms with van der Waals surface area (Å²) in [6.07, 6.45) is 4.68. The molecule has 1 rings (SSSR count). The molecule has 124 valence electrons. The second-order valence-electron chi connectivity index (χ2n) is 7.67. The zero-order valence-electron chi connectivity index (χ0n) is 14.5. The predicted octanol–water partition coefficient (Wildman–Crippen LogP) is 2.27. The molecule has 0 unspecified atom stereocenters. The van der Waals surface area contributed by atoms with Crippen LogP contribution in [0.4, 0.5) is 0 Å². The number of aliphatic hydroxyl groups is 1. The van der Waals surface area contributed by atoms with Crippen LogP contribution in [0.2, 0.25) is 0 Å². The highest BCUT2D eigenvalue weighted by Gasteiger charge is 2.32. The van der Waals surface area contributed by atoms with Gasteiger partial charge in [-0.3, -0.25) is 4.79 Å². The van der Waals surface area contributed by atoms with Crippen LogP contribution in [-0.2, 0) is 4.79 Å². The van der Waals surface area contributed by atoms with Crippen LogP contribution in [0, 0.1) is 17.3 Å². The molecule has 21 heavy (non-hydrogen) atoms. The summed E-state index contributed by atoms with van der Waals surface area (Å²) in [5.41, 5.74) is -0.418. The average Bonchev–Trinajstić information content (AvgIpc) is 2.38. The van der Waals surface area contributed by atoms with Crippen molar-refractivity contribution in [2.75, 3.05) is 26.7 Å². The Morgan fingerprint density at radius 3 is 2.33 bits per heavy atom. The number of likely N-dealkylation sites (N-methyl/N-ethyl adjacent to an activating group) is 1. The summed E-state index contributed by atoms with van der Waals surface area (Å²) < 4.78 is 0. The van der Waals surface area contributed by atoms with Gasteiger partial charge in [-0.2, -0.15) is 0 Å². The minimum Gasteiger partial charge on any atom is -0.395 e. The number of carbonyl (C=O) groups is 1. The van der Waals surface area contributed by atoms with Crippen LogP contribution in [-0.4, -0.2) is 48.7 Å². The lowest BCUT2D eigenvalue weighted by Crippen LogP contribution is -2.48. The van der Waals surface area contributed by atoms with Crippen LogP contribution in [0.3, 0.4) is 0 Å². The SMILES string of the molecule is CC(C)C1CCC(NC(=O)C(C)(C)CN(C)CCO)CC1. The largest absolute Gasteiger partial charge is 0.395 e. The topological polar surface area (TPSA) is 52.6 Å². The van der Waals surface area contributed by atoms with E-state index in [2.05, 4.69) is 19.2 Å². The molecule has 1 fully saturated rings. The number of amides is 1. The van der Waals surface area contributed by atoms with Gasteiger partial charge >= 0.3 is 0 Å². The van der Waals surface area contributed by atoms with Gasteiger partial charge in [0, 0.05) is 19.1 Å². The Morgan fingerprint density at radius 1 is 1.29 bits per heavy atom. The lowest BCUT2D eigenvalue weighted by atomic mass is 9.79. The molecule has 1 amide bonds. The lowest BCUT2D eigenvalue weighted by Gasteiger charge is -2.34. The molecule has 0 heterocycles. The van der Waals surface area contributed by atoms with Gasteiger partial charge in [-0.05, 0) is 58.4 Å². The lowest BCUT2D eigenvalue weighted by molar-refractivity contribution is -0.131. The van der Waals surface area contributed by atoms with E-state index in [0.29, 0.717) is 19.1 Å². The fraction of sp³-hybridized carbons (Fsp3) is 0.941. The molecule has 0 aromatic carbocycles. The smallest absolute Gasteiger partial charge is 0.227 e. The molecule has 2 N–H and O–H groups in total. The van der Waals surface area contributed by atoms with Crippen molar-refractivity contribution in [2.45, 2.75) is 59.4 Å². The third kappa shape index (κ3) is 5.95. The van der Waals surface area contributed by atoms with Crippen LogP contribution in [0.15, 0.2) is 0 Å². The molecule has 4 nitrogen and oxygen atoms in total. The molecule has 0 radical (unpaired) electrons. The number of hydrogen-bond acceptors (Lipinski definition) is 3. The first-order valence-corrected chi connectivity index (χ1v) is 8.36. The van der Waals surface area contributed by atoms with Gasteiger partial charge in [-0.15, -0.1) is 0 Å². The van der Waals surface area contributed by atoms with Crippen molar-refractivity contribution in [2.24, 2.45) is 17.3 Å². The summed E-state index contributed by atoms with van der Waals surface area (Å²) in [5.74, 6) is 1.72. The predicted molar refractivity (Wildman–Crippen MR) is 87.1 cm³/mol. The minimum atomic E-state index is -0.418. The van der Waals surface area contributed by atoms with Gasteiger partial charge in [0.05, 0.1) is 12.0 Å². The van der Waals surface area contributed by atoms with E-state index in [9.17, 15) is 4.79 Å². The maximum atomic E-state index is 12.5. The third-order valence-electron chi connectivity index (χ3n) is 4.81. The Balaban J connectivity index is 2.42. The van der Waals surface area contributed by atoms with Gasteiger partial charge in [0.15, 0.2) is 0 Å². The number of carbonyl (C=O) groups excluding carboxylic acids is 1. The minimum absolute atomic E-state index is 0.132. The van der Waals surface area contributed by atoms with Gasteiger partial charge in [0.1, 0.15) is 0 Å². The van der Waals surface area contributed by atoms with Crippen molar-refractivity contribution in [3.8, 4) is 0 Å². The first kappa shape index (κ1) is 18.4. The van der Waals surface area contributed by atoms with Gasteiger partial charge < -0.3 is 15.3 Å². The van der Waals surface area contributed by atoms with Crippen molar-refractivity contribution in [1.82, 2.24) is 10.2 Å². The van der Waals surface area contributed by atoms with E-state index in [1.54, 1.807) is 0 Å². The Morgan fingerprint density at radius 2 is 1.86 bits per heavy atom. The molecule has 1 saturated carbocycles. The second kappa shape index (κ2) is 8.14. The Hall–Kier alpha value is -0.610. The molecule has 0 aromatic rings. The Labute approximate surface area is 130 Å². The molecule has 0 atom stereocenters. The van der Waals surface area contributed by atoms with Gasteiger partial charge in [-0.25, -0.2) is 0 Å². The molecule has 0 aromatic heterocycles. The zero-order chi connectivity index (χ0) is 16.0. The number of nitrogens with one attached hydrogen (secondary N) is 1. The number of aliphatic hydroxyl groups excluding tert-OH is 1. The number of nitrogens with zero attached hydrogens (tertiary/aromatic N) is 1. The monoisotopic (exact) mass is 298 g/mol. The Kier molecular flexibility index (Phi) is 7.14. The number of hydrogen-bond donors (Lipinski definition) is 2. The maximum Gasteiger partial charge on any atom is 0.227 e. The summed E-state index contributed by atoms with van der Waals surface area (Å²) in [4.78, 5) is 14.5. The highest BCUT2D eigenvalue weighted by Crippen LogP contribution is 2.30. The van der Waals surface area contributed by atoms with Gasteiger partial charge in [0.25, 0.3) is 0 Å². The fourth-order valence-corrected chi connectivity index (χ4v) is 3.31. The van der Waals surface area contributed by atoms with Gasteiger partial charge in [-0.1, -0.05) is 13.8 Å². The van der Waals surface area contributed by atoms with Crippen molar-refractivity contribution < 1.29 is 9.90 Å². The van der Waals surface area contributed by atoms with Crippen molar-refractivity contribution in [3.63, 3.8) is 0 Å². The van der Waals surface area contributed by atoms with E-state index in [0.717, 1.165) is 24.7 Å². The molecule has 0 bridgehead atoms. The van der Waals surface area contributed by atoms with E-state index in [4.69, 9.17) is 5.11 Å². The van der Waals surface area contributed by atoms with Crippen molar-refractivity contribution in [3.05, 3.63) is 0 Å². The van der Waals surface area contributed by atoms with E-state index in [-0.39, 0.29) is 12.5 Å². The summed E-state index contributed by atoms with van der Waals surface area (Å²) in [7, 11) is 1.94. The molecule has 4 heteroatoms. The molecule has 1 aliphatic rings. The van der Waals surface area contributed by atoms with E-state index < -0.39 is 5.41 Å². The first-order valence-electron chi connectivity index (χ1n) is 8.36. The van der Waals surface area contributed by atoms with Crippen molar-refractivity contribution >= 4 is 5.91 Å². The molecule has 0 aliphatic heterocycles. The van der Waals surface area contributed by atoms with Gasteiger partial charge in [0.2, 0.25) is 5.91 Å².